The highest BCUT2D eigenvalue weighted by Gasteiger charge is 2.32. The number of rotatable bonds is 4. The van der Waals surface area contributed by atoms with Crippen molar-refractivity contribution in [1.82, 2.24) is 4.90 Å². The van der Waals surface area contributed by atoms with Crippen molar-refractivity contribution < 1.29 is 17.9 Å². The van der Waals surface area contributed by atoms with E-state index in [1.165, 1.54) is 23.3 Å². The number of ether oxygens (including phenoxy) is 1. The molecule has 170 valence electrons. The molecule has 0 bridgehead atoms. The summed E-state index contributed by atoms with van der Waals surface area (Å²) in [6, 6.07) is 19.4. The van der Waals surface area contributed by atoms with Crippen LogP contribution in [0, 0.1) is 0 Å². The van der Waals surface area contributed by atoms with E-state index in [1.54, 1.807) is 30.3 Å². The van der Waals surface area contributed by atoms with Crippen molar-refractivity contribution in [2.24, 2.45) is 0 Å². The Morgan fingerprint density at radius 3 is 2.70 bits per heavy atom. The molecule has 33 heavy (non-hydrogen) atoms. The molecule has 8 heteroatoms. The maximum Gasteiger partial charge on any atom is 0.261 e. The first kappa shape index (κ1) is 21.8. The van der Waals surface area contributed by atoms with Crippen molar-refractivity contribution in [2.45, 2.75) is 36.7 Å². The van der Waals surface area contributed by atoms with Gasteiger partial charge in [-0.15, -0.1) is 0 Å². The summed E-state index contributed by atoms with van der Waals surface area (Å²) in [4.78, 5) is 14.9. The van der Waals surface area contributed by atoms with Crippen LogP contribution >= 0.6 is 11.6 Å². The number of fused-ring (bicyclic) bond motifs is 2. The zero-order chi connectivity index (χ0) is 23.0. The first-order valence-corrected chi connectivity index (χ1v) is 12.7. The number of nitrogens with zero attached hydrogens (tertiary/aromatic N) is 1. The van der Waals surface area contributed by atoms with Crippen molar-refractivity contribution >= 4 is 33.2 Å². The molecule has 3 aromatic carbocycles. The molecule has 1 heterocycles. The fraction of sp³-hybridized carbons (Fsp3) is 0.240. The van der Waals surface area contributed by atoms with Crippen molar-refractivity contribution in [3.63, 3.8) is 0 Å². The van der Waals surface area contributed by atoms with Crippen LogP contribution in [0.3, 0.4) is 0 Å². The summed E-state index contributed by atoms with van der Waals surface area (Å²) in [5.74, 6) is 0.509. The molecular formula is C25H23ClN2O4S. The number of carbonyl (C=O) groups is 1. The van der Waals surface area contributed by atoms with Crippen LogP contribution < -0.4 is 9.46 Å². The van der Waals surface area contributed by atoms with Gasteiger partial charge < -0.3 is 9.64 Å². The highest BCUT2D eigenvalue weighted by molar-refractivity contribution is 7.92. The van der Waals surface area contributed by atoms with Crippen LogP contribution in [-0.4, -0.2) is 25.8 Å². The molecule has 0 spiro atoms. The number of halogens is 1. The second-order valence-corrected chi connectivity index (χ2v) is 10.4. The quantitative estimate of drug-likeness (QED) is 0.571. The van der Waals surface area contributed by atoms with E-state index in [2.05, 4.69) is 16.9 Å². The molecular weight excluding hydrogens is 460 g/mol. The molecule has 6 nitrogen and oxygen atoms in total. The number of anilines is 1. The Balaban J connectivity index is 1.44. The minimum Gasteiger partial charge on any atom is -0.483 e. The van der Waals surface area contributed by atoms with E-state index in [1.807, 2.05) is 17.0 Å². The lowest BCUT2D eigenvalue weighted by molar-refractivity contribution is -0.136. The molecule has 0 aromatic heterocycles. The van der Waals surface area contributed by atoms with Gasteiger partial charge in [0, 0.05) is 16.3 Å². The highest BCUT2D eigenvalue weighted by Crippen LogP contribution is 2.38. The number of sulfonamides is 1. The van der Waals surface area contributed by atoms with E-state index < -0.39 is 10.0 Å². The lowest BCUT2D eigenvalue weighted by atomic mass is 9.86. The van der Waals surface area contributed by atoms with Gasteiger partial charge in [-0.25, -0.2) is 8.42 Å². The van der Waals surface area contributed by atoms with E-state index in [-0.39, 0.29) is 23.5 Å². The first-order chi connectivity index (χ1) is 15.9. The number of amides is 1. The number of nitrogens with one attached hydrogen (secondary N) is 1. The third kappa shape index (κ3) is 4.43. The number of hydrogen-bond donors (Lipinski definition) is 1. The van der Waals surface area contributed by atoms with Crippen LogP contribution in [0.5, 0.6) is 5.75 Å². The Kier molecular flexibility index (Phi) is 5.76. The maximum atomic E-state index is 13.0. The molecule has 1 atom stereocenters. The van der Waals surface area contributed by atoms with Gasteiger partial charge in [-0.3, -0.25) is 9.52 Å². The van der Waals surface area contributed by atoms with Crippen molar-refractivity contribution in [1.29, 1.82) is 0 Å². The molecule has 0 fully saturated rings. The second kappa shape index (κ2) is 8.72. The summed E-state index contributed by atoms with van der Waals surface area (Å²) in [5, 5.41) is 0.343. The second-order valence-electron chi connectivity index (χ2n) is 8.30. The van der Waals surface area contributed by atoms with Gasteiger partial charge in [0.2, 0.25) is 0 Å². The molecule has 1 N–H and O–H groups in total. The van der Waals surface area contributed by atoms with Gasteiger partial charge in [-0.2, -0.15) is 0 Å². The minimum atomic E-state index is -3.81. The number of hydrogen-bond acceptors (Lipinski definition) is 4. The lowest BCUT2D eigenvalue weighted by Gasteiger charge is -2.35. The molecule has 1 aliphatic carbocycles. The third-order valence-electron chi connectivity index (χ3n) is 6.15. The standard InChI is InChI=1S/C25H23ClN2O4S/c26-19-7-4-8-21(14-19)33(30,31)27-20-11-12-24-18(13-20)15-28(25(29)16-32-24)23-10-3-6-17-5-1-2-9-22(17)23/h1-2,4-5,7-9,11-14,23,27H,3,6,10,15-16H2. The smallest absolute Gasteiger partial charge is 0.261 e. The van der Waals surface area contributed by atoms with E-state index in [0.717, 1.165) is 24.8 Å². The van der Waals surface area contributed by atoms with Crippen LogP contribution in [0.15, 0.2) is 71.6 Å². The maximum absolute atomic E-state index is 13.0. The fourth-order valence-corrected chi connectivity index (χ4v) is 5.94. The van der Waals surface area contributed by atoms with Crippen LogP contribution in [0.4, 0.5) is 5.69 Å². The third-order valence-corrected chi connectivity index (χ3v) is 7.76. The minimum absolute atomic E-state index is 0.0243. The molecule has 0 saturated carbocycles. The monoisotopic (exact) mass is 482 g/mol. The van der Waals surface area contributed by atoms with Crippen LogP contribution in [0.2, 0.25) is 5.02 Å². The summed E-state index contributed by atoms with van der Waals surface area (Å²) in [6.07, 6.45) is 2.91. The van der Waals surface area contributed by atoms with Gasteiger partial charge in [0.1, 0.15) is 5.75 Å². The number of benzene rings is 3. The van der Waals surface area contributed by atoms with E-state index in [0.29, 0.717) is 23.0 Å². The van der Waals surface area contributed by atoms with Gasteiger partial charge in [0.05, 0.1) is 17.5 Å². The topological polar surface area (TPSA) is 75.7 Å². The molecule has 3 aromatic rings. The Labute approximate surface area is 198 Å². The van der Waals surface area contributed by atoms with Gasteiger partial charge in [-0.1, -0.05) is 41.9 Å². The predicted octanol–water partition coefficient (Wildman–Crippen LogP) is 4.94. The summed E-state index contributed by atoms with van der Waals surface area (Å²) < 4.78 is 34.0. The van der Waals surface area contributed by atoms with Crippen LogP contribution in [0.1, 0.15) is 35.6 Å². The number of carbonyl (C=O) groups excluding carboxylic acids is 1. The van der Waals surface area contributed by atoms with E-state index >= 15 is 0 Å². The van der Waals surface area contributed by atoms with Gasteiger partial charge in [-0.05, 0) is 66.8 Å². The zero-order valence-corrected chi connectivity index (χ0v) is 19.4. The Morgan fingerprint density at radius 2 is 1.85 bits per heavy atom. The Hall–Kier alpha value is -3.03. The summed E-state index contributed by atoms with van der Waals surface area (Å²) in [7, 11) is -3.81. The SMILES string of the molecule is O=C1COc2ccc(NS(=O)(=O)c3cccc(Cl)c3)cc2CN1C1CCCc2ccccc21. The van der Waals surface area contributed by atoms with Crippen LogP contribution in [0.25, 0.3) is 0 Å². The van der Waals surface area contributed by atoms with Gasteiger partial charge >= 0.3 is 0 Å². The van der Waals surface area contributed by atoms with Crippen molar-refractivity contribution in [3.8, 4) is 5.75 Å². The summed E-state index contributed by atoms with van der Waals surface area (Å²) >= 11 is 5.96. The van der Waals surface area contributed by atoms with Crippen molar-refractivity contribution in [2.75, 3.05) is 11.3 Å². The lowest BCUT2D eigenvalue weighted by Crippen LogP contribution is -2.37. The first-order valence-electron chi connectivity index (χ1n) is 10.8. The van der Waals surface area contributed by atoms with E-state index in [4.69, 9.17) is 16.3 Å². The van der Waals surface area contributed by atoms with Crippen LogP contribution in [-0.2, 0) is 27.8 Å². The molecule has 1 aliphatic heterocycles. The largest absolute Gasteiger partial charge is 0.483 e. The molecule has 1 amide bonds. The van der Waals surface area contributed by atoms with Gasteiger partial charge in [0.25, 0.3) is 15.9 Å². The van der Waals surface area contributed by atoms with Gasteiger partial charge in [0.15, 0.2) is 6.61 Å². The van der Waals surface area contributed by atoms with E-state index in [9.17, 15) is 13.2 Å². The molecule has 0 saturated heterocycles. The average Bonchev–Trinajstić information content (AvgIpc) is 2.97. The average molecular weight is 483 g/mol. The predicted molar refractivity (Wildman–Crippen MR) is 127 cm³/mol. The Bertz CT molecular complexity index is 1330. The van der Waals surface area contributed by atoms with Crippen molar-refractivity contribution in [3.05, 3.63) is 88.4 Å². The summed E-state index contributed by atoms with van der Waals surface area (Å²) in [5.41, 5.74) is 3.61. The molecule has 1 unspecified atom stereocenters. The fourth-order valence-electron chi connectivity index (χ4n) is 4.59. The highest BCUT2D eigenvalue weighted by atomic mass is 35.5. The zero-order valence-electron chi connectivity index (χ0n) is 17.8. The Morgan fingerprint density at radius 1 is 1.00 bits per heavy atom. The molecule has 5 rings (SSSR count). The normalized spacial score (nSPS) is 18.0. The molecule has 0 radical (unpaired) electrons. The number of aryl methyl sites for hydroxylation is 1. The molecule has 2 aliphatic rings. The summed E-state index contributed by atoms with van der Waals surface area (Å²) in [6.45, 7) is 0.305.